The van der Waals surface area contributed by atoms with Crippen LogP contribution in [0.2, 0.25) is 0 Å². The summed E-state index contributed by atoms with van der Waals surface area (Å²) in [6.45, 7) is 6.16. The molecular weight excluding hydrogens is 298 g/mol. The molecule has 2 rings (SSSR count). The van der Waals surface area contributed by atoms with Crippen molar-refractivity contribution in [3.8, 4) is 5.75 Å². The average molecular weight is 319 g/mol. The minimum Gasteiger partial charge on any atom is -0.487 e. The number of halogens is 4. The van der Waals surface area contributed by atoms with Crippen LogP contribution in [0.1, 0.15) is 38.3 Å². The highest BCUT2D eigenvalue weighted by Gasteiger charge is 2.37. The molecule has 1 aromatic rings. The third-order valence-electron chi connectivity index (χ3n) is 3.78. The monoisotopic (exact) mass is 319 g/mol. The Labute approximate surface area is 127 Å². The van der Waals surface area contributed by atoms with Crippen LogP contribution < -0.4 is 10.1 Å². The highest BCUT2D eigenvalue weighted by Crippen LogP contribution is 2.39. The molecule has 0 radical (unpaired) electrons. The van der Waals surface area contributed by atoms with Crippen LogP contribution in [-0.2, 0) is 11.6 Å². The van der Waals surface area contributed by atoms with Gasteiger partial charge in [-0.25, -0.2) is 4.39 Å². The molecule has 1 fully saturated rings. The Kier molecular flexibility index (Phi) is 4.70. The Morgan fingerprint density at radius 2 is 1.86 bits per heavy atom. The Bertz CT molecular complexity index is 522. The maximum atomic E-state index is 13.8. The second kappa shape index (κ2) is 6.07. The van der Waals surface area contributed by atoms with Gasteiger partial charge in [0.1, 0.15) is 18.0 Å². The zero-order valence-electron chi connectivity index (χ0n) is 12.9. The van der Waals surface area contributed by atoms with Crippen LogP contribution in [-0.4, -0.2) is 25.4 Å². The molecule has 2 atom stereocenters. The predicted molar refractivity (Wildman–Crippen MR) is 76.9 cm³/mol. The number of hydrogen-bond donors (Lipinski definition) is 1. The smallest absolute Gasteiger partial charge is 0.419 e. The highest BCUT2D eigenvalue weighted by atomic mass is 19.4. The fraction of sp³-hybridized carbons (Fsp3) is 0.625. The molecule has 1 aromatic carbocycles. The minimum atomic E-state index is -4.53. The minimum absolute atomic E-state index is 0.103. The van der Waals surface area contributed by atoms with Gasteiger partial charge in [0, 0.05) is 6.54 Å². The summed E-state index contributed by atoms with van der Waals surface area (Å²) in [7, 11) is 0. The van der Waals surface area contributed by atoms with Crippen molar-refractivity contribution in [1.29, 1.82) is 0 Å². The Morgan fingerprint density at radius 1 is 1.18 bits per heavy atom. The predicted octanol–water partition coefficient (Wildman–Crippen LogP) is 4.08. The highest BCUT2D eigenvalue weighted by molar-refractivity contribution is 5.41. The van der Waals surface area contributed by atoms with E-state index < -0.39 is 29.4 Å². The van der Waals surface area contributed by atoms with Crippen molar-refractivity contribution in [2.45, 2.75) is 51.1 Å². The molecule has 1 saturated heterocycles. The van der Waals surface area contributed by atoms with Gasteiger partial charge in [0.05, 0.1) is 5.56 Å². The Morgan fingerprint density at radius 3 is 2.41 bits per heavy atom. The number of ether oxygens (including phenoxy) is 1. The number of alkyl halides is 4. The molecule has 6 heteroatoms. The number of rotatable bonds is 2. The summed E-state index contributed by atoms with van der Waals surface area (Å²) in [5.41, 5.74) is -0.685. The fourth-order valence-electron chi connectivity index (χ4n) is 2.41. The lowest BCUT2D eigenvalue weighted by molar-refractivity contribution is -0.139. The number of nitrogens with one attached hydrogen (secondary N) is 1. The van der Waals surface area contributed by atoms with E-state index in [1.54, 1.807) is 6.07 Å². The van der Waals surface area contributed by atoms with Gasteiger partial charge in [0.2, 0.25) is 0 Å². The number of benzene rings is 1. The van der Waals surface area contributed by atoms with Crippen molar-refractivity contribution in [1.82, 2.24) is 5.32 Å². The molecule has 1 aliphatic heterocycles. The molecule has 0 unspecified atom stereocenters. The van der Waals surface area contributed by atoms with Gasteiger partial charge in [-0.1, -0.05) is 26.8 Å². The molecule has 2 nitrogen and oxygen atoms in total. The summed E-state index contributed by atoms with van der Waals surface area (Å²) in [4.78, 5) is 0. The van der Waals surface area contributed by atoms with Crippen LogP contribution in [0.15, 0.2) is 18.2 Å². The first-order valence-electron chi connectivity index (χ1n) is 7.32. The van der Waals surface area contributed by atoms with E-state index in [4.69, 9.17) is 4.74 Å². The Hall–Kier alpha value is -1.30. The van der Waals surface area contributed by atoms with Crippen LogP contribution in [0.3, 0.4) is 0 Å². The second-order valence-corrected chi connectivity index (χ2v) is 6.62. The fourth-order valence-corrected chi connectivity index (χ4v) is 2.41. The number of hydrogen-bond acceptors (Lipinski definition) is 2. The van der Waals surface area contributed by atoms with Crippen LogP contribution in [0.5, 0.6) is 5.75 Å². The summed E-state index contributed by atoms with van der Waals surface area (Å²) in [6.07, 6.45) is -6.34. The zero-order chi connectivity index (χ0) is 16.5. The summed E-state index contributed by atoms with van der Waals surface area (Å²) in [5, 5.41) is 2.85. The summed E-state index contributed by atoms with van der Waals surface area (Å²) in [5.74, 6) is -0.296. The molecular formula is C16H21F4NO. The summed E-state index contributed by atoms with van der Waals surface area (Å²) in [6, 6.07) is 4.01. The largest absolute Gasteiger partial charge is 0.487 e. The Balaban J connectivity index is 2.34. The van der Waals surface area contributed by atoms with Gasteiger partial charge < -0.3 is 10.1 Å². The van der Waals surface area contributed by atoms with Crippen molar-refractivity contribution in [2.24, 2.45) is 0 Å². The van der Waals surface area contributed by atoms with Crippen LogP contribution >= 0.6 is 0 Å². The van der Waals surface area contributed by atoms with Crippen molar-refractivity contribution in [3.05, 3.63) is 29.3 Å². The van der Waals surface area contributed by atoms with E-state index >= 15 is 0 Å². The summed E-state index contributed by atoms with van der Waals surface area (Å²) < 4.78 is 59.0. The van der Waals surface area contributed by atoms with E-state index in [0.717, 1.165) is 6.07 Å². The third-order valence-corrected chi connectivity index (χ3v) is 3.78. The molecule has 0 amide bonds. The van der Waals surface area contributed by atoms with Gasteiger partial charge in [-0.15, -0.1) is 0 Å². The first-order chi connectivity index (χ1) is 10.1. The van der Waals surface area contributed by atoms with Gasteiger partial charge in [-0.05, 0) is 36.1 Å². The van der Waals surface area contributed by atoms with E-state index in [2.05, 4.69) is 5.32 Å². The van der Waals surface area contributed by atoms with E-state index in [0.29, 0.717) is 18.5 Å². The topological polar surface area (TPSA) is 21.3 Å². The van der Waals surface area contributed by atoms with Crippen molar-refractivity contribution < 1.29 is 22.3 Å². The van der Waals surface area contributed by atoms with Gasteiger partial charge in [0.15, 0.2) is 0 Å². The van der Waals surface area contributed by atoms with E-state index in [-0.39, 0.29) is 12.3 Å². The van der Waals surface area contributed by atoms with Gasteiger partial charge >= 0.3 is 6.18 Å². The molecule has 124 valence electrons. The van der Waals surface area contributed by atoms with Crippen LogP contribution in [0.4, 0.5) is 17.6 Å². The van der Waals surface area contributed by atoms with Crippen molar-refractivity contribution >= 4 is 0 Å². The maximum absolute atomic E-state index is 13.8. The van der Waals surface area contributed by atoms with Gasteiger partial charge in [-0.2, -0.15) is 13.2 Å². The molecule has 0 aromatic heterocycles. The quantitative estimate of drug-likeness (QED) is 0.829. The van der Waals surface area contributed by atoms with Crippen molar-refractivity contribution in [3.63, 3.8) is 0 Å². The first-order valence-corrected chi connectivity index (χ1v) is 7.32. The normalized spacial score (nSPS) is 23.4. The average Bonchev–Trinajstić information content (AvgIpc) is 2.39. The molecule has 1 N–H and O–H groups in total. The standard InChI is InChI=1S/C16H21F4NO/c1-15(2,3)10-4-5-13(11(8-10)16(18,19)20)22-14-6-7-21-9-12(14)17/h4-5,8,12,14,21H,6-7,9H2,1-3H3/t12-,14-/m1/s1. The SMILES string of the molecule is CC(C)(C)c1ccc(O[C@@H]2CCNC[C@H]2F)c(C(F)(F)F)c1. The molecule has 0 saturated carbocycles. The summed E-state index contributed by atoms with van der Waals surface area (Å²) >= 11 is 0. The van der Waals surface area contributed by atoms with E-state index in [1.807, 2.05) is 20.8 Å². The van der Waals surface area contributed by atoms with E-state index in [9.17, 15) is 17.6 Å². The lowest BCUT2D eigenvalue weighted by Crippen LogP contribution is -2.44. The first kappa shape index (κ1) is 17.1. The van der Waals surface area contributed by atoms with E-state index in [1.165, 1.54) is 6.07 Å². The second-order valence-electron chi connectivity index (χ2n) is 6.62. The number of piperidine rings is 1. The molecule has 1 heterocycles. The lowest BCUT2D eigenvalue weighted by Gasteiger charge is -2.29. The molecule has 0 aliphatic carbocycles. The molecule has 0 bridgehead atoms. The lowest BCUT2D eigenvalue weighted by atomic mass is 9.86. The molecule has 22 heavy (non-hydrogen) atoms. The third kappa shape index (κ3) is 3.91. The zero-order valence-corrected chi connectivity index (χ0v) is 12.9. The maximum Gasteiger partial charge on any atom is 0.419 e. The molecule has 1 aliphatic rings. The molecule has 0 spiro atoms. The van der Waals surface area contributed by atoms with Gasteiger partial charge in [0.25, 0.3) is 0 Å². The van der Waals surface area contributed by atoms with Gasteiger partial charge in [-0.3, -0.25) is 0 Å². The van der Waals surface area contributed by atoms with Crippen LogP contribution in [0.25, 0.3) is 0 Å². The van der Waals surface area contributed by atoms with Crippen molar-refractivity contribution in [2.75, 3.05) is 13.1 Å². The van der Waals surface area contributed by atoms with Crippen LogP contribution in [0, 0.1) is 0 Å².